The van der Waals surface area contributed by atoms with E-state index >= 15 is 0 Å². The van der Waals surface area contributed by atoms with Crippen LogP contribution in [0, 0.1) is 6.92 Å². The summed E-state index contributed by atoms with van der Waals surface area (Å²) in [5.74, 6) is -0.556. The molecule has 144 valence electrons. The summed E-state index contributed by atoms with van der Waals surface area (Å²) < 4.78 is -1.88. The van der Waals surface area contributed by atoms with Crippen LogP contribution in [0.1, 0.15) is 15.9 Å². The fourth-order valence-corrected chi connectivity index (χ4v) is 3.13. The number of nitrogens with one attached hydrogen (secondary N) is 3. The van der Waals surface area contributed by atoms with Gasteiger partial charge in [0.05, 0.1) is 10.6 Å². The molecule has 2 aromatic rings. The molecule has 0 fully saturated rings. The Hall–Kier alpha value is -0.950. The van der Waals surface area contributed by atoms with E-state index in [1.807, 2.05) is 31.2 Å². The van der Waals surface area contributed by atoms with E-state index in [2.05, 4.69) is 16.0 Å². The number of anilines is 1. The SMILES string of the molecule is Cc1ccccc1NC(=S)N[C@@H](NC(=O)c1ccc(Cl)cc1Cl)C(Cl)(Cl)Cl. The Labute approximate surface area is 187 Å². The zero-order valence-electron chi connectivity index (χ0n) is 13.8. The van der Waals surface area contributed by atoms with Crippen molar-refractivity contribution in [1.82, 2.24) is 10.6 Å². The third kappa shape index (κ3) is 6.56. The molecule has 0 unspecified atom stereocenters. The molecule has 3 N–H and O–H groups in total. The Balaban J connectivity index is 2.12. The third-order valence-electron chi connectivity index (χ3n) is 3.45. The Bertz CT molecular complexity index is 857. The third-order valence-corrected chi connectivity index (χ3v) is 4.87. The fraction of sp³-hybridized carbons (Fsp3) is 0.176. The molecule has 0 saturated carbocycles. The highest BCUT2D eigenvalue weighted by atomic mass is 35.6. The largest absolute Gasteiger partial charge is 0.339 e. The smallest absolute Gasteiger partial charge is 0.254 e. The lowest BCUT2D eigenvalue weighted by atomic mass is 10.2. The van der Waals surface area contributed by atoms with Gasteiger partial charge in [-0.25, -0.2) is 0 Å². The van der Waals surface area contributed by atoms with Gasteiger partial charge in [-0.05, 0) is 49.0 Å². The molecule has 1 amide bonds. The van der Waals surface area contributed by atoms with Gasteiger partial charge in [-0.3, -0.25) is 4.79 Å². The molecule has 2 aromatic carbocycles. The van der Waals surface area contributed by atoms with Crippen molar-refractivity contribution < 1.29 is 4.79 Å². The molecule has 0 aromatic heterocycles. The van der Waals surface area contributed by atoms with Gasteiger partial charge in [-0.15, -0.1) is 0 Å². The highest BCUT2D eigenvalue weighted by molar-refractivity contribution is 7.80. The van der Waals surface area contributed by atoms with Crippen molar-refractivity contribution in [3.63, 3.8) is 0 Å². The highest BCUT2D eigenvalue weighted by Gasteiger charge is 2.35. The van der Waals surface area contributed by atoms with Crippen LogP contribution < -0.4 is 16.0 Å². The molecule has 4 nitrogen and oxygen atoms in total. The topological polar surface area (TPSA) is 53.2 Å². The Morgan fingerprint density at radius 1 is 1.07 bits per heavy atom. The first-order valence-electron chi connectivity index (χ1n) is 7.53. The fourth-order valence-electron chi connectivity index (χ4n) is 2.08. The van der Waals surface area contributed by atoms with Gasteiger partial charge in [0.25, 0.3) is 5.91 Å². The van der Waals surface area contributed by atoms with Crippen molar-refractivity contribution in [2.45, 2.75) is 16.9 Å². The van der Waals surface area contributed by atoms with E-state index in [0.717, 1.165) is 11.3 Å². The van der Waals surface area contributed by atoms with Gasteiger partial charge in [-0.2, -0.15) is 0 Å². The zero-order valence-corrected chi connectivity index (χ0v) is 18.4. The second kappa shape index (κ2) is 9.50. The van der Waals surface area contributed by atoms with E-state index in [-0.39, 0.29) is 15.7 Å². The van der Waals surface area contributed by atoms with Crippen LogP contribution in [0.15, 0.2) is 42.5 Å². The van der Waals surface area contributed by atoms with Crippen LogP contribution in [0.2, 0.25) is 10.0 Å². The predicted octanol–water partition coefficient (Wildman–Crippen LogP) is 5.71. The number of halogens is 5. The minimum atomic E-state index is -1.88. The number of thiocarbonyl (C=S) groups is 1. The molecule has 0 bridgehead atoms. The summed E-state index contributed by atoms with van der Waals surface area (Å²) in [4.78, 5) is 12.5. The number of aryl methyl sites for hydroxylation is 1. The number of alkyl halides is 3. The van der Waals surface area contributed by atoms with Crippen LogP contribution in [0.25, 0.3) is 0 Å². The number of carbonyl (C=O) groups excluding carboxylic acids is 1. The number of hydrogen-bond acceptors (Lipinski definition) is 2. The van der Waals surface area contributed by atoms with E-state index in [4.69, 9.17) is 70.2 Å². The Kier molecular flexibility index (Phi) is 7.86. The van der Waals surface area contributed by atoms with Gasteiger partial charge in [0.15, 0.2) is 5.11 Å². The first-order chi connectivity index (χ1) is 12.6. The van der Waals surface area contributed by atoms with Crippen molar-refractivity contribution >= 4 is 86.9 Å². The van der Waals surface area contributed by atoms with Crippen LogP contribution in [-0.4, -0.2) is 21.0 Å². The number of rotatable bonds is 4. The molecule has 0 aliphatic carbocycles. The van der Waals surface area contributed by atoms with Gasteiger partial charge < -0.3 is 16.0 Å². The van der Waals surface area contributed by atoms with Crippen molar-refractivity contribution in [3.05, 3.63) is 63.6 Å². The molecule has 2 rings (SSSR count). The molecule has 10 heteroatoms. The molecule has 0 heterocycles. The average molecular weight is 486 g/mol. The standard InChI is InChI=1S/C17H14Cl5N3OS/c1-9-4-2-3-5-13(9)23-16(27)25-15(17(20,21)22)24-14(26)11-7-6-10(18)8-12(11)19/h2-8,15H,1H3,(H,24,26)(H2,23,25,27)/t15-/m1/s1. The Morgan fingerprint density at radius 3 is 2.33 bits per heavy atom. The summed E-state index contributed by atoms with van der Waals surface area (Å²) >= 11 is 35.1. The molecular weight excluding hydrogens is 472 g/mol. The second-order valence-electron chi connectivity index (χ2n) is 5.49. The molecule has 0 spiro atoms. The second-order valence-corrected chi connectivity index (χ2v) is 9.11. The van der Waals surface area contributed by atoms with Crippen LogP contribution in [0.3, 0.4) is 0 Å². The van der Waals surface area contributed by atoms with E-state index in [0.29, 0.717) is 5.02 Å². The lowest BCUT2D eigenvalue weighted by Crippen LogP contribution is -2.56. The van der Waals surface area contributed by atoms with Crippen molar-refractivity contribution in [2.75, 3.05) is 5.32 Å². The maximum absolute atomic E-state index is 12.5. The van der Waals surface area contributed by atoms with Gasteiger partial charge in [0, 0.05) is 10.7 Å². The number of para-hydroxylation sites is 1. The monoisotopic (exact) mass is 483 g/mol. The van der Waals surface area contributed by atoms with E-state index < -0.39 is 15.9 Å². The van der Waals surface area contributed by atoms with Crippen molar-refractivity contribution in [1.29, 1.82) is 0 Å². The summed E-state index contributed by atoms with van der Waals surface area (Å²) in [6, 6.07) is 12.0. The maximum Gasteiger partial charge on any atom is 0.254 e. The first-order valence-corrected chi connectivity index (χ1v) is 9.83. The average Bonchev–Trinajstić information content (AvgIpc) is 2.55. The predicted molar refractivity (Wildman–Crippen MR) is 119 cm³/mol. The number of hydrogen-bond donors (Lipinski definition) is 3. The highest BCUT2D eigenvalue weighted by Crippen LogP contribution is 2.30. The number of benzene rings is 2. The summed E-state index contributed by atoms with van der Waals surface area (Å²) in [6.07, 6.45) is -1.12. The van der Waals surface area contributed by atoms with E-state index in [9.17, 15) is 4.79 Å². The van der Waals surface area contributed by atoms with Crippen LogP contribution >= 0.6 is 70.2 Å². The zero-order chi connectivity index (χ0) is 20.2. The molecule has 0 saturated heterocycles. The summed E-state index contributed by atoms with van der Waals surface area (Å²) in [7, 11) is 0. The van der Waals surface area contributed by atoms with E-state index in [1.165, 1.54) is 18.2 Å². The van der Waals surface area contributed by atoms with Gasteiger partial charge in [0.1, 0.15) is 6.17 Å². The molecule has 1 atom stereocenters. The summed E-state index contributed by atoms with van der Waals surface area (Å²) in [5.41, 5.74) is 1.94. The summed E-state index contributed by atoms with van der Waals surface area (Å²) in [5, 5.41) is 9.08. The Morgan fingerprint density at radius 2 is 1.74 bits per heavy atom. The molecule has 0 radical (unpaired) electrons. The van der Waals surface area contributed by atoms with E-state index in [1.54, 1.807) is 0 Å². The van der Waals surface area contributed by atoms with Gasteiger partial charge >= 0.3 is 0 Å². The van der Waals surface area contributed by atoms with Crippen LogP contribution in [0.5, 0.6) is 0 Å². The molecule has 0 aliphatic heterocycles. The summed E-state index contributed by atoms with van der Waals surface area (Å²) in [6.45, 7) is 1.92. The number of carbonyl (C=O) groups is 1. The quantitative estimate of drug-likeness (QED) is 0.295. The lowest BCUT2D eigenvalue weighted by molar-refractivity contribution is 0.0934. The van der Waals surface area contributed by atoms with Crippen molar-refractivity contribution in [2.24, 2.45) is 0 Å². The minimum Gasteiger partial charge on any atom is -0.339 e. The van der Waals surface area contributed by atoms with Crippen LogP contribution in [0.4, 0.5) is 5.69 Å². The normalized spacial score (nSPS) is 12.2. The maximum atomic E-state index is 12.5. The molecule has 27 heavy (non-hydrogen) atoms. The van der Waals surface area contributed by atoms with Crippen molar-refractivity contribution in [3.8, 4) is 0 Å². The molecular formula is C17H14Cl5N3OS. The first kappa shape index (κ1) is 22.3. The van der Waals surface area contributed by atoms with Gasteiger partial charge in [-0.1, -0.05) is 76.2 Å². The minimum absolute atomic E-state index is 0.170. The number of amides is 1. The molecule has 0 aliphatic rings. The lowest BCUT2D eigenvalue weighted by Gasteiger charge is -2.28. The van der Waals surface area contributed by atoms with Gasteiger partial charge in [0.2, 0.25) is 3.79 Å². The van der Waals surface area contributed by atoms with Crippen LogP contribution in [-0.2, 0) is 0 Å².